The van der Waals surface area contributed by atoms with Gasteiger partial charge in [-0.15, -0.1) is 0 Å². The zero-order valence-corrected chi connectivity index (χ0v) is 23.3. The largest absolute Gasteiger partial charge is 0.308 e. The summed E-state index contributed by atoms with van der Waals surface area (Å²) in [4.78, 5) is 14.1. The number of benzene rings is 4. The lowest BCUT2D eigenvalue weighted by atomic mass is 9.98. The van der Waals surface area contributed by atoms with Crippen LogP contribution in [-0.4, -0.2) is 19.5 Å². The maximum absolute atomic E-state index is 5.09. The lowest BCUT2D eigenvalue weighted by Gasteiger charge is -2.12. The van der Waals surface area contributed by atoms with Crippen molar-refractivity contribution < 1.29 is 0 Å². The number of nitrogens with zero attached hydrogens (tertiary/aromatic N) is 4. The fraction of sp³-hybridized carbons (Fsp3) is 0. The van der Waals surface area contributed by atoms with E-state index in [1.54, 1.807) is 0 Å². The van der Waals surface area contributed by atoms with Crippen LogP contribution < -0.4 is 0 Å². The average molecular weight is 551 g/mol. The van der Waals surface area contributed by atoms with Crippen LogP contribution >= 0.6 is 0 Å². The molecule has 0 aliphatic rings. The molecule has 4 nitrogen and oxygen atoms in total. The van der Waals surface area contributed by atoms with Crippen molar-refractivity contribution in [3.63, 3.8) is 0 Å². The minimum absolute atomic E-state index is 0.843. The predicted molar refractivity (Wildman–Crippen MR) is 176 cm³/mol. The predicted octanol–water partition coefficient (Wildman–Crippen LogP) is 9.64. The highest BCUT2D eigenvalue weighted by molar-refractivity contribution is 6.08. The highest BCUT2D eigenvalue weighted by Gasteiger charge is 2.14. The van der Waals surface area contributed by atoms with Gasteiger partial charge in [0.1, 0.15) is 0 Å². The first kappa shape index (κ1) is 24.9. The molecule has 0 aliphatic heterocycles. The monoisotopic (exact) mass is 550 g/mol. The molecule has 0 saturated heterocycles. The molecular formula is C39H26N4. The third-order valence-corrected chi connectivity index (χ3v) is 7.95. The van der Waals surface area contributed by atoms with Gasteiger partial charge in [0.05, 0.1) is 34.3 Å². The Balaban J connectivity index is 1.25. The zero-order chi connectivity index (χ0) is 28.6. The molecule has 0 saturated carbocycles. The summed E-state index contributed by atoms with van der Waals surface area (Å²) in [6.45, 7) is 0. The van der Waals surface area contributed by atoms with Gasteiger partial charge in [0.2, 0.25) is 0 Å². The molecule has 4 heterocycles. The fourth-order valence-electron chi connectivity index (χ4n) is 5.88. The van der Waals surface area contributed by atoms with Crippen LogP contribution in [0.3, 0.4) is 0 Å². The Morgan fingerprint density at radius 1 is 0.419 bits per heavy atom. The molecule has 0 radical (unpaired) electrons. The second-order valence-corrected chi connectivity index (χ2v) is 10.6. The van der Waals surface area contributed by atoms with Crippen molar-refractivity contribution in [1.82, 2.24) is 19.5 Å². The maximum Gasteiger partial charge on any atom is 0.0899 e. The van der Waals surface area contributed by atoms with Crippen LogP contribution in [-0.2, 0) is 0 Å². The van der Waals surface area contributed by atoms with E-state index in [2.05, 4.69) is 130 Å². The topological polar surface area (TPSA) is 43.6 Å². The number of aromatic nitrogens is 4. The van der Waals surface area contributed by atoms with Crippen molar-refractivity contribution in [2.24, 2.45) is 0 Å². The first-order valence-corrected chi connectivity index (χ1v) is 14.4. The lowest BCUT2D eigenvalue weighted by Crippen LogP contribution is -1.95. The Hall–Kier alpha value is -5.87. The van der Waals surface area contributed by atoms with E-state index in [0.717, 1.165) is 50.5 Å². The fourth-order valence-corrected chi connectivity index (χ4v) is 5.88. The summed E-state index contributed by atoms with van der Waals surface area (Å²) in [5, 5.41) is 2.42. The van der Waals surface area contributed by atoms with E-state index >= 15 is 0 Å². The Morgan fingerprint density at radius 2 is 1.14 bits per heavy atom. The number of fused-ring (bicyclic) bond motifs is 3. The van der Waals surface area contributed by atoms with E-state index in [9.17, 15) is 0 Å². The molecule has 4 aromatic carbocycles. The third kappa shape index (κ3) is 4.55. The van der Waals surface area contributed by atoms with Crippen LogP contribution in [0, 0.1) is 0 Å². The molecule has 4 aromatic heterocycles. The minimum Gasteiger partial charge on any atom is -0.308 e. The summed E-state index contributed by atoms with van der Waals surface area (Å²) >= 11 is 0. The zero-order valence-electron chi connectivity index (χ0n) is 23.3. The first-order valence-electron chi connectivity index (χ1n) is 14.4. The molecule has 0 fully saturated rings. The van der Waals surface area contributed by atoms with E-state index < -0.39 is 0 Å². The van der Waals surface area contributed by atoms with Crippen LogP contribution in [0.4, 0.5) is 0 Å². The number of hydrogen-bond acceptors (Lipinski definition) is 3. The summed E-state index contributed by atoms with van der Waals surface area (Å²) < 4.78 is 2.29. The van der Waals surface area contributed by atoms with Crippen LogP contribution in [0.5, 0.6) is 0 Å². The highest BCUT2D eigenvalue weighted by Crippen LogP contribution is 2.34. The van der Waals surface area contributed by atoms with Gasteiger partial charge in [-0.1, -0.05) is 84.9 Å². The molecule has 202 valence electrons. The quantitative estimate of drug-likeness (QED) is 0.214. The SMILES string of the molecule is c1ccc(-c2cccc(-c3cc(-c4ccc(-n5c6ccccc6c6ccncc65)cc4)cc(-c4ccccn4)n3)c2)cc1. The molecule has 43 heavy (non-hydrogen) atoms. The van der Waals surface area contributed by atoms with Crippen molar-refractivity contribution in [3.05, 3.63) is 158 Å². The van der Waals surface area contributed by atoms with E-state index in [4.69, 9.17) is 4.98 Å². The van der Waals surface area contributed by atoms with Gasteiger partial charge in [-0.2, -0.15) is 0 Å². The van der Waals surface area contributed by atoms with Crippen molar-refractivity contribution >= 4 is 21.8 Å². The van der Waals surface area contributed by atoms with Gasteiger partial charge >= 0.3 is 0 Å². The lowest BCUT2D eigenvalue weighted by molar-refractivity contribution is 1.17. The van der Waals surface area contributed by atoms with Crippen LogP contribution in [0.2, 0.25) is 0 Å². The second kappa shape index (κ2) is 10.5. The molecule has 8 rings (SSSR count). The van der Waals surface area contributed by atoms with Gasteiger partial charge in [-0.05, 0) is 76.9 Å². The van der Waals surface area contributed by atoms with E-state index in [0.29, 0.717) is 0 Å². The van der Waals surface area contributed by atoms with Crippen LogP contribution in [0.25, 0.3) is 72.4 Å². The van der Waals surface area contributed by atoms with Gasteiger partial charge in [-0.3, -0.25) is 9.97 Å². The molecule has 0 amide bonds. The Bertz CT molecular complexity index is 2160. The van der Waals surface area contributed by atoms with Crippen LogP contribution in [0.1, 0.15) is 0 Å². The van der Waals surface area contributed by atoms with Gasteiger partial charge in [0.15, 0.2) is 0 Å². The van der Waals surface area contributed by atoms with Crippen molar-refractivity contribution in [2.45, 2.75) is 0 Å². The summed E-state index contributed by atoms with van der Waals surface area (Å²) in [5.74, 6) is 0. The molecule has 0 aliphatic carbocycles. The van der Waals surface area contributed by atoms with Crippen LogP contribution in [0.15, 0.2) is 158 Å². The molecule has 0 N–H and O–H groups in total. The van der Waals surface area contributed by atoms with Crippen molar-refractivity contribution in [2.75, 3.05) is 0 Å². The highest BCUT2D eigenvalue weighted by atomic mass is 15.0. The average Bonchev–Trinajstić information content (AvgIpc) is 3.43. The maximum atomic E-state index is 5.09. The van der Waals surface area contributed by atoms with Gasteiger partial charge in [-0.25, -0.2) is 4.98 Å². The summed E-state index contributed by atoms with van der Waals surface area (Å²) in [6, 6.07) is 48.6. The molecule has 0 atom stereocenters. The summed E-state index contributed by atoms with van der Waals surface area (Å²) in [5.41, 5.74) is 11.6. The van der Waals surface area contributed by atoms with Gasteiger partial charge in [0, 0.05) is 34.4 Å². The van der Waals surface area contributed by atoms with Crippen molar-refractivity contribution in [3.8, 4) is 50.6 Å². The molecule has 0 bridgehead atoms. The molecular weight excluding hydrogens is 524 g/mol. The van der Waals surface area contributed by atoms with E-state index in [1.165, 1.54) is 21.9 Å². The number of rotatable bonds is 5. The second-order valence-electron chi connectivity index (χ2n) is 10.6. The third-order valence-electron chi connectivity index (χ3n) is 7.95. The molecule has 0 unspecified atom stereocenters. The Kier molecular flexibility index (Phi) is 6.08. The van der Waals surface area contributed by atoms with Crippen molar-refractivity contribution in [1.29, 1.82) is 0 Å². The normalized spacial score (nSPS) is 11.3. The number of hydrogen-bond donors (Lipinski definition) is 0. The first-order chi connectivity index (χ1) is 21.3. The smallest absolute Gasteiger partial charge is 0.0899 e. The minimum atomic E-state index is 0.843. The number of pyridine rings is 3. The Labute approximate surface area is 249 Å². The number of para-hydroxylation sites is 1. The summed E-state index contributed by atoms with van der Waals surface area (Å²) in [6.07, 6.45) is 5.62. The molecule has 4 heteroatoms. The summed E-state index contributed by atoms with van der Waals surface area (Å²) in [7, 11) is 0. The Morgan fingerprint density at radius 3 is 2.00 bits per heavy atom. The van der Waals surface area contributed by atoms with E-state index in [1.807, 2.05) is 42.9 Å². The standard InChI is InChI=1S/C39H26N4/c1-2-9-27(10-3-1)29-11-8-12-30(23-29)36-24-31(25-37(42-36)35-14-6-7-21-41-35)28-16-18-32(19-17-28)43-38-15-5-4-13-33(38)34-20-22-40-26-39(34)43/h1-26H. The molecule has 0 spiro atoms. The van der Waals surface area contributed by atoms with Gasteiger partial charge in [0.25, 0.3) is 0 Å². The van der Waals surface area contributed by atoms with E-state index in [-0.39, 0.29) is 0 Å². The van der Waals surface area contributed by atoms with Gasteiger partial charge < -0.3 is 4.57 Å². The molecule has 8 aromatic rings.